The summed E-state index contributed by atoms with van der Waals surface area (Å²) in [6.45, 7) is 8.18. The van der Waals surface area contributed by atoms with Crippen molar-refractivity contribution in [1.29, 1.82) is 0 Å². The smallest absolute Gasteiger partial charge is 0.258 e. The van der Waals surface area contributed by atoms with Gasteiger partial charge in [0.05, 0.1) is 16.4 Å². The molecule has 1 N–H and O–H groups in total. The van der Waals surface area contributed by atoms with Gasteiger partial charge in [-0.25, -0.2) is 0 Å². The van der Waals surface area contributed by atoms with Crippen LogP contribution < -0.4 is 5.56 Å². The first-order valence-electron chi connectivity index (χ1n) is 9.08. The quantitative estimate of drug-likeness (QED) is 0.558. The van der Waals surface area contributed by atoms with Crippen LogP contribution in [0.5, 0.6) is 0 Å². The second kappa shape index (κ2) is 6.78. The zero-order chi connectivity index (χ0) is 18.3. The molecule has 2 aromatic carbocycles. The number of fused-ring (bicyclic) bond motifs is 5. The third-order valence-corrected chi connectivity index (χ3v) is 5.45. The van der Waals surface area contributed by atoms with Crippen LogP contribution in [0.15, 0.2) is 47.3 Å². The number of nitrogens with one attached hydrogen (secondary N) is 1. The Kier molecular flexibility index (Phi) is 4.47. The third kappa shape index (κ3) is 2.70. The SMILES string of the molecule is CCN(CC)CCn1c2ccccc2c2c(=O)[nH]c3cc(Cl)ccc3c21. The molecule has 0 aliphatic carbocycles. The molecule has 0 spiro atoms. The van der Waals surface area contributed by atoms with E-state index >= 15 is 0 Å². The van der Waals surface area contributed by atoms with Crippen LogP contribution >= 0.6 is 11.6 Å². The summed E-state index contributed by atoms with van der Waals surface area (Å²) < 4.78 is 2.29. The lowest BCUT2D eigenvalue weighted by atomic mass is 10.1. The zero-order valence-electron chi connectivity index (χ0n) is 15.1. The van der Waals surface area contributed by atoms with Gasteiger partial charge in [0.15, 0.2) is 0 Å². The highest BCUT2D eigenvalue weighted by Crippen LogP contribution is 2.32. The number of aromatic nitrogens is 2. The summed E-state index contributed by atoms with van der Waals surface area (Å²) in [7, 11) is 0. The van der Waals surface area contributed by atoms with Gasteiger partial charge in [0.25, 0.3) is 5.56 Å². The van der Waals surface area contributed by atoms with Crippen LogP contribution in [0.4, 0.5) is 0 Å². The number of para-hydroxylation sites is 1. The Hall–Kier alpha value is -2.30. The van der Waals surface area contributed by atoms with Crippen LogP contribution in [0.2, 0.25) is 5.02 Å². The van der Waals surface area contributed by atoms with E-state index in [1.807, 2.05) is 36.4 Å². The van der Waals surface area contributed by atoms with Gasteiger partial charge >= 0.3 is 0 Å². The Morgan fingerprint density at radius 3 is 2.62 bits per heavy atom. The van der Waals surface area contributed by atoms with Crippen molar-refractivity contribution in [2.45, 2.75) is 20.4 Å². The summed E-state index contributed by atoms with van der Waals surface area (Å²) in [6, 6.07) is 13.9. The lowest BCUT2D eigenvalue weighted by Gasteiger charge is -2.19. The van der Waals surface area contributed by atoms with E-state index in [1.165, 1.54) is 0 Å². The fourth-order valence-electron chi connectivity index (χ4n) is 3.84. The Labute approximate surface area is 157 Å². The van der Waals surface area contributed by atoms with E-state index in [2.05, 4.69) is 34.4 Å². The van der Waals surface area contributed by atoms with Gasteiger partial charge < -0.3 is 14.5 Å². The van der Waals surface area contributed by atoms with Crippen LogP contribution in [-0.4, -0.2) is 34.1 Å². The number of nitrogens with zero attached hydrogens (tertiary/aromatic N) is 2. The summed E-state index contributed by atoms with van der Waals surface area (Å²) in [5.41, 5.74) is 2.81. The van der Waals surface area contributed by atoms with Crippen LogP contribution in [0, 0.1) is 0 Å². The molecule has 0 fully saturated rings. The average molecular weight is 368 g/mol. The number of likely N-dealkylation sites (N-methyl/N-ethyl adjacent to an activating group) is 1. The molecule has 0 saturated heterocycles. The normalized spacial score (nSPS) is 12.0. The van der Waals surface area contributed by atoms with Crippen molar-refractivity contribution in [1.82, 2.24) is 14.5 Å². The number of benzene rings is 2. The molecule has 4 nitrogen and oxygen atoms in total. The van der Waals surface area contributed by atoms with Crippen molar-refractivity contribution in [3.63, 3.8) is 0 Å². The zero-order valence-corrected chi connectivity index (χ0v) is 15.8. The molecular weight excluding hydrogens is 346 g/mol. The van der Waals surface area contributed by atoms with Gasteiger partial charge in [-0.05, 0) is 37.4 Å². The Morgan fingerprint density at radius 1 is 1.08 bits per heavy atom. The Morgan fingerprint density at radius 2 is 1.85 bits per heavy atom. The van der Waals surface area contributed by atoms with Crippen LogP contribution in [-0.2, 0) is 6.54 Å². The van der Waals surface area contributed by atoms with Gasteiger partial charge in [0.1, 0.15) is 0 Å². The number of rotatable bonds is 5. The molecule has 0 saturated carbocycles. The number of hydrogen-bond acceptors (Lipinski definition) is 2. The van der Waals surface area contributed by atoms with E-state index < -0.39 is 0 Å². The molecule has 134 valence electrons. The number of aromatic amines is 1. The van der Waals surface area contributed by atoms with E-state index in [-0.39, 0.29) is 5.56 Å². The fourth-order valence-corrected chi connectivity index (χ4v) is 4.01. The minimum absolute atomic E-state index is 0.0624. The molecule has 2 aromatic heterocycles. The molecule has 0 unspecified atom stereocenters. The number of hydrogen-bond donors (Lipinski definition) is 1. The first-order chi connectivity index (χ1) is 12.6. The molecule has 2 heterocycles. The highest BCUT2D eigenvalue weighted by atomic mass is 35.5. The molecule has 0 aliphatic rings. The van der Waals surface area contributed by atoms with Crippen molar-refractivity contribution in [2.75, 3.05) is 19.6 Å². The van der Waals surface area contributed by atoms with Gasteiger partial charge in [-0.3, -0.25) is 4.79 Å². The molecule has 0 amide bonds. The first kappa shape index (κ1) is 17.1. The number of pyridine rings is 1. The molecular formula is C21H22ClN3O. The van der Waals surface area contributed by atoms with Crippen molar-refractivity contribution in [2.24, 2.45) is 0 Å². The molecule has 0 bridgehead atoms. The summed E-state index contributed by atoms with van der Waals surface area (Å²) in [5, 5.41) is 3.41. The largest absolute Gasteiger partial charge is 0.338 e. The van der Waals surface area contributed by atoms with Crippen LogP contribution in [0.25, 0.3) is 32.7 Å². The van der Waals surface area contributed by atoms with Crippen molar-refractivity contribution in [3.05, 3.63) is 57.8 Å². The Balaban J connectivity index is 2.06. The second-order valence-corrected chi connectivity index (χ2v) is 7.00. The lowest BCUT2D eigenvalue weighted by molar-refractivity contribution is 0.293. The maximum atomic E-state index is 12.9. The molecule has 26 heavy (non-hydrogen) atoms. The standard InChI is InChI=1S/C21H22ClN3O/c1-3-24(4-2)11-12-25-18-8-6-5-7-16(18)19-20(25)15-10-9-14(22)13-17(15)23-21(19)26/h5-10,13H,3-4,11-12H2,1-2H3,(H,23,26). The van der Waals surface area contributed by atoms with E-state index in [9.17, 15) is 4.79 Å². The van der Waals surface area contributed by atoms with E-state index in [4.69, 9.17) is 11.6 Å². The van der Waals surface area contributed by atoms with E-state index in [1.54, 1.807) is 0 Å². The van der Waals surface area contributed by atoms with Crippen molar-refractivity contribution >= 4 is 44.3 Å². The Bertz CT molecular complexity index is 1150. The van der Waals surface area contributed by atoms with Gasteiger partial charge in [-0.1, -0.05) is 43.6 Å². The van der Waals surface area contributed by atoms with Crippen LogP contribution in [0.1, 0.15) is 13.8 Å². The van der Waals surface area contributed by atoms with E-state index in [0.717, 1.165) is 58.9 Å². The summed E-state index contributed by atoms with van der Waals surface area (Å²) in [6.07, 6.45) is 0. The minimum Gasteiger partial charge on any atom is -0.338 e. The predicted molar refractivity (Wildman–Crippen MR) is 110 cm³/mol. The van der Waals surface area contributed by atoms with Gasteiger partial charge in [0, 0.05) is 34.4 Å². The van der Waals surface area contributed by atoms with Crippen LogP contribution in [0.3, 0.4) is 0 Å². The fraction of sp³-hybridized carbons (Fsp3) is 0.286. The van der Waals surface area contributed by atoms with E-state index in [0.29, 0.717) is 5.02 Å². The second-order valence-electron chi connectivity index (χ2n) is 6.56. The molecule has 0 atom stereocenters. The maximum absolute atomic E-state index is 12.9. The molecule has 0 aliphatic heterocycles. The number of H-pyrrole nitrogens is 1. The maximum Gasteiger partial charge on any atom is 0.258 e. The summed E-state index contributed by atoms with van der Waals surface area (Å²) in [5.74, 6) is 0. The molecule has 4 aromatic rings. The summed E-state index contributed by atoms with van der Waals surface area (Å²) in [4.78, 5) is 18.3. The lowest BCUT2D eigenvalue weighted by Crippen LogP contribution is -2.27. The van der Waals surface area contributed by atoms with Gasteiger partial charge in [-0.2, -0.15) is 0 Å². The highest BCUT2D eigenvalue weighted by molar-refractivity contribution is 6.31. The van der Waals surface area contributed by atoms with Crippen molar-refractivity contribution < 1.29 is 0 Å². The van der Waals surface area contributed by atoms with Gasteiger partial charge in [0.2, 0.25) is 0 Å². The first-order valence-corrected chi connectivity index (χ1v) is 9.46. The number of halogens is 1. The predicted octanol–water partition coefficient (Wildman–Crippen LogP) is 4.63. The minimum atomic E-state index is -0.0624. The highest BCUT2D eigenvalue weighted by Gasteiger charge is 2.17. The van der Waals surface area contributed by atoms with Crippen molar-refractivity contribution in [3.8, 4) is 0 Å². The molecule has 0 radical (unpaired) electrons. The average Bonchev–Trinajstić information content (AvgIpc) is 2.98. The topological polar surface area (TPSA) is 41.0 Å². The monoisotopic (exact) mass is 367 g/mol. The summed E-state index contributed by atoms with van der Waals surface area (Å²) >= 11 is 6.15. The molecule has 5 heteroatoms. The van der Waals surface area contributed by atoms with Gasteiger partial charge in [-0.15, -0.1) is 0 Å². The molecule has 4 rings (SSSR count). The third-order valence-electron chi connectivity index (χ3n) is 5.22.